The summed E-state index contributed by atoms with van der Waals surface area (Å²) < 4.78 is 3.68. The van der Waals surface area contributed by atoms with Crippen molar-refractivity contribution in [2.75, 3.05) is 0 Å². The van der Waals surface area contributed by atoms with Gasteiger partial charge in [0.2, 0.25) is 0 Å². The minimum atomic E-state index is 0.0453. The molecule has 0 radical (unpaired) electrons. The van der Waals surface area contributed by atoms with Crippen molar-refractivity contribution in [1.29, 1.82) is 0 Å². The molecule has 1 unspecified atom stereocenters. The van der Waals surface area contributed by atoms with Crippen molar-refractivity contribution in [2.24, 2.45) is 19.8 Å². The topological polar surface area (TPSA) is 61.7 Å². The van der Waals surface area contributed by atoms with Crippen LogP contribution in [0.5, 0.6) is 0 Å². The monoisotopic (exact) mass is 233 g/mol. The van der Waals surface area contributed by atoms with Crippen LogP contribution in [0, 0.1) is 6.92 Å². The van der Waals surface area contributed by atoms with Crippen molar-refractivity contribution in [3.63, 3.8) is 0 Å². The molecule has 2 aromatic heterocycles. The lowest BCUT2D eigenvalue weighted by atomic mass is 10.0. The highest BCUT2D eigenvalue weighted by Crippen LogP contribution is 2.19. The van der Waals surface area contributed by atoms with Crippen molar-refractivity contribution < 1.29 is 0 Å². The highest BCUT2D eigenvalue weighted by atomic mass is 15.3. The molecular weight excluding hydrogens is 214 g/mol. The lowest BCUT2D eigenvalue weighted by Crippen LogP contribution is -2.12. The molecule has 92 valence electrons. The zero-order chi connectivity index (χ0) is 12.4. The van der Waals surface area contributed by atoms with Gasteiger partial charge in [-0.1, -0.05) is 0 Å². The van der Waals surface area contributed by atoms with Crippen molar-refractivity contribution in [3.05, 3.63) is 35.4 Å². The van der Waals surface area contributed by atoms with E-state index < -0.39 is 0 Å². The smallest absolute Gasteiger partial charge is 0.0540 e. The van der Waals surface area contributed by atoms with Crippen LogP contribution < -0.4 is 5.73 Å². The van der Waals surface area contributed by atoms with Crippen molar-refractivity contribution in [1.82, 2.24) is 19.6 Å². The molecule has 17 heavy (non-hydrogen) atoms. The van der Waals surface area contributed by atoms with Crippen LogP contribution in [0.15, 0.2) is 18.6 Å². The van der Waals surface area contributed by atoms with E-state index in [1.165, 1.54) is 5.56 Å². The van der Waals surface area contributed by atoms with E-state index in [4.69, 9.17) is 5.73 Å². The standard InChI is InChI=1S/C12H19N5/c1-9-11(7-15-17(9)3)12(13)5-4-10-6-14-16(2)8-10/h6-8,12H,4-5,13H2,1-3H3. The Morgan fingerprint density at radius 2 is 2.06 bits per heavy atom. The molecular formula is C12H19N5. The number of hydrogen-bond donors (Lipinski definition) is 1. The summed E-state index contributed by atoms with van der Waals surface area (Å²) in [5, 5.41) is 8.36. The number of nitrogens with zero attached hydrogens (tertiary/aromatic N) is 4. The van der Waals surface area contributed by atoms with Crippen LogP contribution in [0.25, 0.3) is 0 Å². The zero-order valence-corrected chi connectivity index (χ0v) is 10.6. The van der Waals surface area contributed by atoms with Crippen LogP contribution >= 0.6 is 0 Å². The second-order valence-corrected chi connectivity index (χ2v) is 4.48. The van der Waals surface area contributed by atoms with E-state index in [0.717, 1.165) is 24.1 Å². The average Bonchev–Trinajstić information content (AvgIpc) is 2.84. The quantitative estimate of drug-likeness (QED) is 0.860. The molecule has 2 aromatic rings. The van der Waals surface area contributed by atoms with Gasteiger partial charge in [0.05, 0.1) is 12.4 Å². The highest BCUT2D eigenvalue weighted by molar-refractivity contribution is 5.20. The molecule has 0 fully saturated rings. The molecule has 0 aromatic carbocycles. The summed E-state index contributed by atoms with van der Waals surface area (Å²) in [6, 6.07) is 0.0453. The Hall–Kier alpha value is -1.62. The largest absolute Gasteiger partial charge is 0.324 e. The minimum Gasteiger partial charge on any atom is -0.324 e. The first-order chi connectivity index (χ1) is 8.08. The summed E-state index contributed by atoms with van der Waals surface area (Å²) in [7, 11) is 3.86. The van der Waals surface area contributed by atoms with E-state index in [9.17, 15) is 0 Å². The van der Waals surface area contributed by atoms with E-state index >= 15 is 0 Å². The van der Waals surface area contributed by atoms with Crippen LogP contribution in [0.4, 0.5) is 0 Å². The molecule has 5 heteroatoms. The third-order valence-corrected chi connectivity index (χ3v) is 3.18. The molecule has 2 heterocycles. The van der Waals surface area contributed by atoms with E-state index in [2.05, 4.69) is 10.2 Å². The number of aryl methyl sites for hydroxylation is 3. The highest BCUT2D eigenvalue weighted by Gasteiger charge is 2.12. The van der Waals surface area contributed by atoms with E-state index in [-0.39, 0.29) is 6.04 Å². The van der Waals surface area contributed by atoms with Gasteiger partial charge in [-0.25, -0.2) is 0 Å². The fraction of sp³-hybridized carbons (Fsp3) is 0.500. The fourth-order valence-electron chi connectivity index (χ4n) is 1.96. The van der Waals surface area contributed by atoms with Crippen LogP contribution in [-0.4, -0.2) is 19.6 Å². The van der Waals surface area contributed by atoms with Gasteiger partial charge >= 0.3 is 0 Å². The summed E-state index contributed by atoms with van der Waals surface area (Å²) in [4.78, 5) is 0. The van der Waals surface area contributed by atoms with Crippen LogP contribution in [-0.2, 0) is 20.5 Å². The second kappa shape index (κ2) is 4.71. The third-order valence-electron chi connectivity index (χ3n) is 3.18. The maximum absolute atomic E-state index is 6.18. The Bertz CT molecular complexity index is 497. The second-order valence-electron chi connectivity index (χ2n) is 4.48. The molecule has 0 aliphatic carbocycles. The summed E-state index contributed by atoms with van der Waals surface area (Å²) in [5.41, 5.74) is 9.69. The van der Waals surface area contributed by atoms with Gasteiger partial charge < -0.3 is 5.73 Å². The van der Waals surface area contributed by atoms with Gasteiger partial charge in [0.25, 0.3) is 0 Å². The zero-order valence-electron chi connectivity index (χ0n) is 10.6. The summed E-state index contributed by atoms with van der Waals surface area (Å²) in [6.07, 6.45) is 7.65. The predicted octanol–water partition coefficient (Wildman–Crippen LogP) is 1.09. The van der Waals surface area contributed by atoms with Gasteiger partial charge in [-0.3, -0.25) is 9.36 Å². The molecule has 0 saturated heterocycles. The Balaban J connectivity index is 1.98. The average molecular weight is 233 g/mol. The fourth-order valence-corrected chi connectivity index (χ4v) is 1.96. The van der Waals surface area contributed by atoms with Crippen molar-refractivity contribution in [2.45, 2.75) is 25.8 Å². The Morgan fingerprint density at radius 3 is 2.59 bits per heavy atom. The predicted molar refractivity (Wildman–Crippen MR) is 66.4 cm³/mol. The van der Waals surface area contributed by atoms with Gasteiger partial charge in [0.1, 0.15) is 0 Å². The normalized spacial score (nSPS) is 12.9. The van der Waals surface area contributed by atoms with Crippen LogP contribution in [0.3, 0.4) is 0 Å². The summed E-state index contributed by atoms with van der Waals surface area (Å²) >= 11 is 0. The Labute approximate surface area is 101 Å². The van der Waals surface area contributed by atoms with Gasteiger partial charge in [0, 0.05) is 37.6 Å². The first-order valence-electron chi connectivity index (χ1n) is 5.79. The van der Waals surface area contributed by atoms with Crippen molar-refractivity contribution >= 4 is 0 Å². The lowest BCUT2D eigenvalue weighted by Gasteiger charge is -2.10. The van der Waals surface area contributed by atoms with E-state index in [1.54, 1.807) is 0 Å². The molecule has 5 nitrogen and oxygen atoms in total. The molecule has 1 atom stereocenters. The summed E-state index contributed by atoms with van der Waals surface area (Å²) in [6.45, 7) is 2.05. The summed E-state index contributed by atoms with van der Waals surface area (Å²) in [5.74, 6) is 0. The molecule has 2 N–H and O–H groups in total. The van der Waals surface area contributed by atoms with Crippen LogP contribution in [0.2, 0.25) is 0 Å². The number of nitrogens with two attached hydrogens (primary N) is 1. The first-order valence-corrected chi connectivity index (χ1v) is 5.79. The maximum atomic E-state index is 6.18. The van der Waals surface area contributed by atoms with Gasteiger partial charge in [-0.05, 0) is 25.3 Å². The minimum absolute atomic E-state index is 0.0453. The number of rotatable bonds is 4. The maximum Gasteiger partial charge on any atom is 0.0540 e. The molecule has 0 aliphatic rings. The molecule has 0 saturated carbocycles. The van der Waals surface area contributed by atoms with Crippen molar-refractivity contribution in [3.8, 4) is 0 Å². The van der Waals surface area contributed by atoms with E-state index in [0.29, 0.717) is 0 Å². The molecule has 2 rings (SSSR count). The molecule has 0 spiro atoms. The SMILES string of the molecule is Cc1c(C(N)CCc2cnn(C)c2)cnn1C. The third kappa shape index (κ3) is 2.55. The number of hydrogen-bond acceptors (Lipinski definition) is 3. The van der Waals surface area contributed by atoms with Gasteiger partial charge in [-0.2, -0.15) is 10.2 Å². The Kier molecular flexibility index (Phi) is 3.28. The van der Waals surface area contributed by atoms with Crippen LogP contribution in [0.1, 0.15) is 29.3 Å². The Morgan fingerprint density at radius 1 is 1.29 bits per heavy atom. The van der Waals surface area contributed by atoms with Gasteiger partial charge in [-0.15, -0.1) is 0 Å². The van der Waals surface area contributed by atoms with Gasteiger partial charge in [0.15, 0.2) is 0 Å². The molecule has 0 bridgehead atoms. The molecule has 0 amide bonds. The molecule has 0 aliphatic heterocycles. The number of aromatic nitrogens is 4. The lowest BCUT2D eigenvalue weighted by molar-refractivity contribution is 0.643. The van der Waals surface area contributed by atoms with E-state index in [1.807, 2.05) is 49.0 Å². The first kappa shape index (κ1) is 11.9.